The van der Waals surface area contributed by atoms with E-state index in [1.165, 1.54) is 24.3 Å². The van der Waals surface area contributed by atoms with Gasteiger partial charge in [0.15, 0.2) is 5.52 Å². The molecule has 0 fully saturated rings. The Balaban J connectivity index is 0.00000420. The molecule has 2 nitrogen and oxygen atoms in total. The Kier molecular flexibility index (Phi) is 8.83. The first-order chi connectivity index (χ1) is 12.9. The number of alkyl halides is 6. The molecule has 0 spiro atoms. The number of carbonyl (C=O) groups excluding carboxylic acids is 1. The molecule has 0 heterocycles. The van der Waals surface area contributed by atoms with E-state index < -0.39 is 43.1 Å². The molecule has 2 rings (SSSR count). The molecule has 2 atom stereocenters. The molecule has 154 valence electrons. The Labute approximate surface area is 178 Å². The number of hydrogen-bond donors (Lipinski definition) is 0. The van der Waals surface area contributed by atoms with Crippen LogP contribution in [0.3, 0.4) is 0 Å². The summed E-state index contributed by atoms with van der Waals surface area (Å²) in [6.45, 7) is 3.78. The maximum absolute atomic E-state index is 13.2. The van der Waals surface area contributed by atoms with E-state index in [2.05, 4.69) is 0 Å². The fraction of sp³-hybridized carbons (Fsp3) is 0.316. The minimum atomic E-state index is -5.08. The van der Waals surface area contributed by atoms with Crippen molar-refractivity contribution in [2.45, 2.75) is 38.7 Å². The van der Waals surface area contributed by atoms with E-state index in [1.807, 2.05) is 13.8 Å². The standard InChI is InChI=1S/C19H17F6O2P.Li.H/c1-3-11(2)27-12-7-9-13(10-8-12)28-17(26)16-14(18(20,21)22)5-4-6-15(16)19(23,24)25;;/h4-11,28H,3H2,1-2H3;;. The van der Waals surface area contributed by atoms with Gasteiger partial charge in [-0.3, -0.25) is 4.79 Å². The second kappa shape index (κ2) is 10.0. The summed E-state index contributed by atoms with van der Waals surface area (Å²) in [6.07, 6.45) is -9.45. The number of rotatable bonds is 6. The zero-order valence-electron chi connectivity index (χ0n) is 14.9. The first-order valence-electron chi connectivity index (χ1n) is 8.29. The molecule has 0 N–H and O–H groups in total. The molecule has 0 aromatic heterocycles. The zero-order valence-corrected chi connectivity index (χ0v) is 15.9. The topological polar surface area (TPSA) is 26.3 Å². The van der Waals surface area contributed by atoms with Gasteiger partial charge < -0.3 is 4.74 Å². The molecule has 29 heavy (non-hydrogen) atoms. The molecule has 10 heteroatoms. The number of hydrogen-bond acceptors (Lipinski definition) is 2. The third-order valence-electron chi connectivity index (χ3n) is 3.93. The quantitative estimate of drug-likeness (QED) is 0.349. The average molecular weight is 430 g/mol. The average Bonchev–Trinajstić information content (AvgIpc) is 2.61. The normalized spacial score (nSPS) is 13.2. The Morgan fingerprint density at radius 3 is 1.86 bits per heavy atom. The molecular formula is C19H18F6LiO2P. The molecular weight excluding hydrogens is 412 g/mol. The van der Waals surface area contributed by atoms with Gasteiger partial charge in [0.1, 0.15) is 5.75 Å². The summed E-state index contributed by atoms with van der Waals surface area (Å²) >= 11 is 0. The molecule has 0 aliphatic heterocycles. The number of halogens is 6. The Morgan fingerprint density at radius 1 is 0.966 bits per heavy atom. The molecule has 2 unspecified atom stereocenters. The fourth-order valence-corrected chi connectivity index (χ4v) is 3.39. The molecule has 0 saturated carbocycles. The van der Waals surface area contributed by atoms with E-state index in [0.717, 1.165) is 6.42 Å². The first-order valence-corrected chi connectivity index (χ1v) is 9.29. The number of ether oxygens (including phenoxy) is 1. The van der Waals surface area contributed by atoms with Crippen molar-refractivity contribution in [2.24, 2.45) is 0 Å². The van der Waals surface area contributed by atoms with Crippen molar-refractivity contribution >= 4 is 38.3 Å². The Morgan fingerprint density at radius 2 is 1.45 bits per heavy atom. The van der Waals surface area contributed by atoms with Crippen LogP contribution in [0.25, 0.3) is 0 Å². The number of benzene rings is 2. The SMILES string of the molecule is CCC(C)Oc1ccc(PC(=O)c2c(C(F)(F)F)cccc2C(F)(F)F)cc1.[LiH]. The molecule has 0 bridgehead atoms. The van der Waals surface area contributed by atoms with Crippen molar-refractivity contribution in [3.8, 4) is 5.75 Å². The summed E-state index contributed by atoms with van der Waals surface area (Å²) in [6, 6.07) is 7.58. The van der Waals surface area contributed by atoms with E-state index in [0.29, 0.717) is 29.3 Å². The first kappa shape index (κ1) is 25.6. The van der Waals surface area contributed by atoms with Crippen LogP contribution in [-0.4, -0.2) is 30.5 Å². The van der Waals surface area contributed by atoms with Gasteiger partial charge in [-0.2, -0.15) is 26.3 Å². The van der Waals surface area contributed by atoms with Crippen LogP contribution in [0.5, 0.6) is 5.75 Å². The van der Waals surface area contributed by atoms with Crippen LogP contribution < -0.4 is 10.0 Å². The van der Waals surface area contributed by atoms with Crippen LogP contribution in [0.1, 0.15) is 41.8 Å². The third-order valence-corrected chi connectivity index (χ3v) is 5.03. The van der Waals surface area contributed by atoms with E-state index >= 15 is 0 Å². The van der Waals surface area contributed by atoms with Crippen molar-refractivity contribution in [3.05, 3.63) is 59.2 Å². The molecule has 0 aliphatic rings. The summed E-state index contributed by atoms with van der Waals surface area (Å²) in [5.41, 5.74) is -5.75. The minimum absolute atomic E-state index is 0. The van der Waals surface area contributed by atoms with Crippen LogP contribution >= 0.6 is 8.58 Å². The van der Waals surface area contributed by atoms with Crippen LogP contribution in [0.15, 0.2) is 42.5 Å². The second-order valence-corrected chi connectivity index (χ2v) is 7.32. The van der Waals surface area contributed by atoms with E-state index in [1.54, 1.807) is 0 Å². The van der Waals surface area contributed by atoms with Crippen molar-refractivity contribution in [3.63, 3.8) is 0 Å². The predicted octanol–water partition coefficient (Wildman–Crippen LogP) is 5.40. The predicted molar refractivity (Wildman–Crippen MR) is 103 cm³/mol. The molecule has 0 saturated heterocycles. The van der Waals surface area contributed by atoms with Gasteiger partial charge in [0.25, 0.3) is 0 Å². The van der Waals surface area contributed by atoms with Gasteiger partial charge in [-0.15, -0.1) is 0 Å². The summed E-state index contributed by atoms with van der Waals surface area (Å²) in [5, 5.41) is 0.312. The van der Waals surface area contributed by atoms with Crippen molar-refractivity contribution < 1.29 is 35.9 Å². The van der Waals surface area contributed by atoms with Gasteiger partial charge in [-0.1, -0.05) is 25.1 Å². The molecule has 0 amide bonds. The maximum atomic E-state index is 13.2. The fourth-order valence-electron chi connectivity index (χ4n) is 2.40. The van der Waals surface area contributed by atoms with Gasteiger partial charge in [-0.05, 0) is 51.5 Å². The third kappa shape index (κ3) is 6.77. The molecule has 2 aromatic rings. The summed E-state index contributed by atoms with van der Waals surface area (Å²) in [5.74, 6) is 0.502. The Hall–Kier alpha value is -1.48. The Bertz CT molecular complexity index is 802. The van der Waals surface area contributed by atoms with Crippen molar-refractivity contribution in [1.82, 2.24) is 0 Å². The van der Waals surface area contributed by atoms with E-state index in [9.17, 15) is 31.1 Å². The van der Waals surface area contributed by atoms with Gasteiger partial charge in [-0.25, -0.2) is 0 Å². The van der Waals surface area contributed by atoms with Gasteiger partial charge in [0.05, 0.1) is 17.2 Å². The van der Waals surface area contributed by atoms with Crippen LogP contribution in [-0.2, 0) is 12.4 Å². The van der Waals surface area contributed by atoms with Crippen LogP contribution in [0.4, 0.5) is 26.3 Å². The summed E-state index contributed by atoms with van der Waals surface area (Å²) < 4.78 is 84.7. The molecule has 2 aromatic carbocycles. The summed E-state index contributed by atoms with van der Waals surface area (Å²) in [7, 11) is -0.895. The van der Waals surface area contributed by atoms with Crippen molar-refractivity contribution in [1.29, 1.82) is 0 Å². The van der Waals surface area contributed by atoms with Gasteiger partial charge in [0.2, 0.25) is 0 Å². The zero-order chi connectivity index (χ0) is 21.1. The van der Waals surface area contributed by atoms with E-state index in [-0.39, 0.29) is 25.0 Å². The monoisotopic (exact) mass is 430 g/mol. The summed E-state index contributed by atoms with van der Waals surface area (Å²) in [4.78, 5) is 12.4. The van der Waals surface area contributed by atoms with Gasteiger partial charge >= 0.3 is 31.2 Å². The second-order valence-electron chi connectivity index (χ2n) is 6.04. The molecule has 0 radical (unpaired) electrons. The van der Waals surface area contributed by atoms with Gasteiger partial charge in [0, 0.05) is 5.56 Å². The van der Waals surface area contributed by atoms with Crippen LogP contribution in [0, 0.1) is 0 Å². The number of carbonyl (C=O) groups is 1. The van der Waals surface area contributed by atoms with Crippen LogP contribution in [0.2, 0.25) is 0 Å². The molecule has 0 aliphatic carbocycles. The van der Waals surface area contributed by atoms with E-state index in [4.69, 9.17) is 4.74 Å². The van der Waals surface area contributed by atoms with Crippen molar-refractivity contribution in [2.75, 3.05) is 0 Å².